The number of para-hydroxylation sites is 1. The number of hydrogen-bond donors (Lipinski definition) is 1. The van der Waals surface area contributed by atoms with Gasteiger partial charge in [0, 0.05) is 34.1 Å². The zero-order valence-electron chi connectivity index (χ0n) is 18.3. The normalized spacial score (nSPS) is 16.5. The Bertz CT molecular complexity index is 1230. The van der Waals surface area contributed by atoms with E-state index >= 15 is 0 Å². The number of benzodiazepines with no additional fused rings is 1. The third kappa shape index (κ3) is 4.95. The second-order valence-corrected chi connectivity index (χ2v) is 8.85. The van der Waals surface area contributed by atoms with Gasteiger partial charge in [-0.3, -0.25) is 9.59 Å². The lowest BCUT2D eigenvalue weighted by molar-refractivity contribution is -0.129. The fourth-order valence-corrected chi connectivity index (χ4v) is 4.31. The highest BCUT2D eigenvalue weighted by Gasteiger charge is 2.31. The molecule has 2 atom stereocenters. The molecule has 4 rings (SSSR count). The van der Waals surface area contributed by atoms with E-state index in [0.29, 0.717) is 22.2 Å². The number of carbonyl (C=O) groups excluding carboxylic acids is 2. The van der Waals surface area contributed by atoms with Gasteiger partial charge in [0.05, 0.1) is 11.4 Å². The Labute approximate surface area is 203 Å². The van der Waals surface area contributed by atoms with Gasteiger partial charge >= 0.3 is 0 Å². The summed E-state index contributed by atoms with van der Waals surface area (Å²) in [5.41, 5.74) is 3.91. The first kappa shape index (κ1) is 23.0. The van der Waals surface area contributed by atoms with Gasteiger partial charge in [-0.1, -0.05) is 84.7 Å². The zero-order chi connectivity index (χ0) is 23.5. The Kier molecular flexibility index (Phi) is 6.82. The van der Waals surface area contributed by atoms with Gasteiger partial charge in [-0.15, -0.1) is 0 Å². The fourth-order valence-electron chi connectivity index (χ4n) is 3.83. The first-order valence-corrected chi connectivity index (χ1v) is 11.3. The molecule has 1 aliphatic rings. The molecule has 0 saturated carbocycles. The van der Waals surface area contributed by atoms with E-state index in [-0.39, 0.29) is 11.8 Å². The average molecular weight is 480 g/mol. The number of amides is 2. The van der Waals surface area contributed by atoms with E-state index in [4.69, 9.17) is 28.2 Å². The molecule has 3 aromatic rings. The molecule has 5 nitrogen and oxygen atoms in total. The third-order valence-electron chi connectivity index (χ3n) is 5.66. The number of rotatable bonds is 5. The molecule has 1 heterocycles. The zero-order valence-corrected chi connectivity index (χ0v) is 19.8. The maximum Gasteiger partial charge on any atom is 0.272 e. The summed E-state index contributed by atoms with van der Waals surface area (Å²) in [5, 5.41) is 3.88. The first-order valence-electron chi connectivity index (χ1n) is 10.6. The molecule has 33 heavy (non-hydrogen) atoms. The minimum Gasteiger partial charge on any atom is -0.326 e. The van der Waals surface area contributed by atoms with Gasteiger partial charge in [0.25, 0.3) is 5.91 Å². The summed E-state index contributed by atoms with van der Waals surface area (Å²) in [7, 11) is 1.70. The minimum atomic E-state index is -1.05. The summed E-state index contributed by atoms with van der Waals surface area (Å²) in [5.74, 6) is -1.02. The second kappa shape index (κ2) is 9.77. The number of anilines is 1. The number of carbonyl (C=O) groups is 2. The maximum atomic E-state index is 13.3. The highest BCUT2D eigenvalue weighted by molar-refractivity contribution is 6.35. The summed E-state index contributed by atoms with van der Waals surface area (Å²) in [6.45, 7) is 1.79. The van der Waals surface area contributed by atoms with Gasteiger partial charge in [-0.25, -0.2) is 4.99 Å². The topological polar surface area (TPSA) is 61.8 Å². The van der Waals surface area contributed by atoms with Crippen molar-refractivity contribution >= 4 is 46.4 Å². The average Bonchev–Trinajstić information content (AvgIpc) is 2.92. The molecule has 0 fully saturated rings. The quantitative estimate of drug-likeness (QED) is 0.551. The molecule has 0 aliphatic carbocycles. The lowest BCUT2D eigenvalue weighted by atomic mass is 10.00. The molecule has 0 radical (unpaired) electrons. The van der Waals surface area contributed by atoms with Crippen LogP contribution in [-0.2, 0) is 16.0 Å². The largest absolute Gasteiger partial charge is 0.326 e. The van der Waals surface area contributed by atoms with E-state index in [1.807, 2.05) is 54.6 Å². The van der Waals surface area contributed by atoms with Gasteiger partial charge in [0.15, 0.2) is 0 Å². The van der Waals surface area contributed by atoms with Crippen LogP contribution in [0.15, 0.2) is 77.8 Å². The molecule has 0 spiro atoms. The van der Waals surface area contributed by atoms with Crippen LogP contribution in [0, 0.1) is 5.92 Å². The lowest BCUT2D eigenvalue weighted by Gasteiger charge is -2.22. The van der Waals surface area contributed by atoms with Crippen molar-refractivity contribution in [3.8, 4) is 0 Å². The Morgan fingerprint density at radius 2 is 1.76 bits per heavy atom. The van der Waals surface area contributed by atoms with E-state index in [0.717, 1.165) is 22.4 Å². The lowest BCUT2D eigenvalue weighted by Crippen LogP contribution is -2.47. The van der Waals surface area contributed by atoms with Crippen LogP contribution in [0.5, 0.6) is 0 Å². The van der Waals surface area contributed by atoms with E-state index < -0.39 is 12.1 Å². The highest BCUT2D eigenvalue weighted by atomic mass is 35.5. The summed E-state index contributed by atoms with van der Waals surface area (Å²) in [6.07, 6.45) is -0.637. The smallest absolute Gasteiger partial charge is 0.272 e. The fraction of sp³-hybridized carbons (Fsp3) is 0.192. The molecular formula is C26H23Cl2N3O2. The molecule has 168 valence electrons. The number of hydrogen-bond acceptors (Lipinski definition) is 3. The molecule has 2 amide bonds. The van der Waals surface area contributed by atoms with Gasteiger partial charge in [0.2, 0.25) is 12.1 Å². The minimum absolute atomic E-state index is 0.283. The number of fused-ring (bicyclic) bond motifs is 1. The van der Waals surface area contributed by atoms with Crippen LogP contribution in [0.25, 0.3) is 0 Å². The summed E-state index contributed by atoms with van der Waals surface area (Å²) < 4.78 is 0. The van der Waals surface area contributed by atoms with Crippen LogP contribution in [0.4, 0.5) is 5.69 Å². The molecule has 0 saturated heterocycles. The molecule has 0 aromatic heterocycles. The SMILES string of the molecule is C[C@@H](Cc1ccc(Cl)cc1Cl)C(=O)N[C@@H]1N=C(c2ccccc2)c2ccccc2N(C)C1=O. The maximum absolute atomic E-state index is 13.3. The Morgan fingerprint density at radius 1 is 1.06 bits per heavy atom. The van der Waals surface area contributed by atoms with Crippen molar-refractivity contribution in [3.63, 3.8) is 0 Å². The van der Waals surface area contributed by atoms with Crippen molar-refractivity contribution in [2.45, 2.75) is 19.5 Å². The number of likely N-dealkylation sites (N-methyl/N-ethyl adjacent to an activating group) is 1. The first-order chi connectivity index (χ1) is 15.8. The van der Waals surface area contributed by atoms with E-state index in [2.05, 4.69) is 5.32 Å². The Balaban J connectivity index is 1.63. The van der Waals surface area contributed by atoms with Crippen LogP contribution < -0.4 is 10.2 Å². The van der Waals surface area contributed by atoms with Crippen molar-refractivity contribution in [1.29, 1.82) is 0 Å². The monoisotopic (exact) mass is 479 g/mol. The van der Waals surface area contributed by atoms with Gasteiger partial charge < -0.3 is 10.2 Å². The van der Waals surface area contributed by atoms with E-state index in [1.165, 1.54) is 0 Å². The van der Waals surface area contributed by atoms with Crippen molar-refractivity contribution in [2.24, 2.45) is 10.9 Å². The highest BCUT2D eigenvalue weighted by Crippen LogP contribution is 2.27. The predicted molar refractivity (Wildman–Crippen MR) is 133 cm³/mol. The van der Waals surface area contributed by atoms with Crippen LogP contribution >= 0.6 is 23.2 Å². The number of nitrogens with one attached hydrogen (secondary N) is 1. The standard InChI is InChI=1S/C26H23Cl2N3O2/c1-16(14-18-12-13-19(27)15-21(18)28)25(32)30-24-26(33)31(2)22-11-7-6-10-20(22)23(29-24)17-8-4-3-5-9-17/h3-13,15-16,24H,14H2,1-2H3,(H,30,32)/t16-,24-/m0/s1. The van der Waals surface area contributed by atoms with E-state index in [1.54, 1.807) is 37.1 Å². The molecule has 1 aliphatic heterocycles. The molecule has 3 aromatic carbocycles. The van der Waals surface area contributed by atoms with Gasteiger partial charge in [0.1, 0.15) is 0 Å². The Morgan fingerprint density at radius 3 is 2.48 bits per heavy atom. The van der Waals surface area contributed by atoms with Gasteiger partial charge in [-0.05, 0) is 30.2 Å². The van der Waals surface area contributed by atoms with Crippen molar-refractivity contribution in [1.82, 2.24) is 5.32 Å². The third-order valence-corrected chi connectivity index (χ3v) is 6.25. The predicted octanol–water partition coefficient (Wildman–Crippen LogP) is 5.13. The molecule has 7 heteroatoms. The van der Waals surface area contributed by atoms with Crippen LogP contribution in [0.2, 0.25) is 10.0 Å². The number of benzene rings is 3. The van der Waals surface area contributed by atoms with Crippen molar-refractivity contribution in [3.05, 3.63) is 99.5 Å². The summed E-state index contributed by atoms with van der Waals surface area (Å²) in [6, 6.07) is 22.4. The summed E-state index contributed by atoms with van der Waals surface area (Å²) >= 11 is 12.2. The molecule has 0 unspecified atom stereocenters. The van der Waals surface area contributed by atoms with Crippen molar-refractivity contribution in [2.75, 3.05) is 11.9 Å². The second-order valence-electron chi connectivity index (χ2n) is 8.01. The molecule has 0 bridgehead atoms. The Hall–Kier alpha value is -3.15. The molecule has 1 N–H and O–H groups in total. The van der Waals surface area contributed by atoms with Crippen LogP contribution in [-0.4, -0.2) is 30.7 Å². The number of nitrogens with zero attached hydrogens (tertiary/aromatic N) is 2. The van der Waals surface area contributed by atoms with E-state index in [9.17, 15) is 9.59 Å². The summed E-state index contributed by atoms with van der Waals surface area (Å²) in [4.78, 5) is 32.6. The van der Waals surface area contributed by atoms with Crippen LogP contribution in [0.3, 0.4) is 0 Å². The van der Waals surface area contributed by atoms with Gasteiger partial charge in [-0.2, -0.15) is 0 Å². The molecular weight excluding hydrogens is 457 g/mol. The van der Waals surface area contributed by atoms with Crippen LogP contribution in [0.1, 0.15) is 23.6 Å². The number of aliphatic imine (C=N–C) groups is 1. The van der Waals surface area contributed by atoms with Crippen molar-refractivity contribution < 1.29 is 9.59 Å². The number of halogens is 2.